The SMILES string of the molecule is COc1ccc(Cc2cc(Br)c3c(c2Cl)OCCC3)cc1. The Hall–Kier alpha value is -1.19. The molecule has 0 N–H and O–H groups in total. The number of rotatable bonds is 3. The average molecular weight is 368 g/mol. The summed E-state index contributed by atoms with van der Waals surface area (Å²) in [6.07, 6.45) is 2.83. The van der Waals surface area contributed by atoms with Crippen LogP contribution in [0.2, 0.25) is 5.02 Å². The van der Waals surface area contributed by atoms with Gasteiger partial charge in [-0.3, -0.25) is 0 Å². The molecule has 0 saturated carbocycles. The van der Waals surface area contributed by atoms with E-state index in [4.69, 9.17) is 21.1 Å². The van der Waals surface area contributed by atoms with Crippen molar-refractivity contribution in [3.8, 4) is 11.5 Å². The van der Waals surface area contributed by atoms with Crippen LogP contribution in [0.5, 0.6) is 11.5 Å². The van der Waals surface area contributed by atoms with Crippen LogP contribution in [0.25, 0.3) is 0 Å². The Bertz CT molecular complexity index is 653. The van der Waals surface area contributed by atoms with Gasteiger partial charge >= 0.3 is 0 Å². The van der Waals surface area contributed by atoms with Gasteiger partial charge in [0.15, 0.2) is 0 Å². The van der Waals surface area contributed by atoms with Crippen LogP contribution in [0.3, 0.4) is 0 Å². The van der Waals surface area contributed by atoms with Crippen molar-refractivity contribution in [3.63, 3.8) is 0 Å². The number of ether oxygens (including phenoxy) is 2. The first-order valence-corrected chi connectivity index (χ1v) is 8.11. The highest BCUT2D eigenvalue weighted by Gasteiger charge is 2.20. The monoisotopic (exact) mass is 366 g/mol. The normalized spacial score (nSPS) is 13.5. The third-order valence-corrected chi connectivity index (χ3v) is 4.84. The first-order chi connectivity index (χ1) is 10.2. The molecule has 0 aromatic heterocycles. The summed E-state index contributed by atoms with van der Waals surface area (Å²) >= 11 is 10.2. The van der Waals surface area contributed by atoms with Gasteiger partial charge in [-0.05, 0) is 48.6 Å². The van der Waals surface area contributed by atoms with Crippen molar-refractivity contribution in [2.75, 3.05) is 13.7 Å². The van der Waals surface area contributed by atoms with E-state index < -0.39 is 0 Å². The lowest BCUT2D eigenvalue weighted by molar-refractivity contribution is 0.288. The molecule has 1 aliphatic rings. The summed E-state index contributed by atoms with van der Waals surface area (Å²) in [6, 6.07) is 10.2. The molecule has 2 aromatic carbocycles. The average Bonchev–Trinajstić information content (AvgIpc) is 2.53. The number of halogens is 2. The number of methoxy groups -OCH3 is 1. The van der Waals surface area contributed by atoms with Gasteiger partial charge < -0.3 is 9.47 Å². The van der Waals surface area contributed by atoms with Crippen LogP contribution in [-0.2, 0) is 12.8 Å². The van der Waals surface area contributed by atoms with Crippen LogP contribution in [-0.4, -0.2) is 13.7 Å². The highest BCUT2D eigenvalue weighted by atomic mass is 79.9. The molecule has 110 valence electrons. The van der Waals surface area contributed by atoms with Crippen molar-refractivity contribution in [2.45, 2.75) is 19.3 Å². The van der Waals surface area contributed by atoms with Gasteiger partial charge in [0, 0.05) is 10.0 Å². The molecule has 2 nitrogen and oxygen atoms in total. The number of hydrogen-bond acceptors (Lipinski definition) is 2. The molecule has 0 aliphatic carbocycles. The predicted octanol–water partition coefficient (Wildman–Crippen LogP) is 5.03. The van der Waals surface area contributed by atoms with E-state index in [2.05, 4.69) is 34.1 Å². The summed E-state index contributed by atoms with van der Waals surface area (Å²) in [5, 5.41) is 0.740. The van der Waals surface area contributed by atoms with E-state index in [-0.39, 0.29) is 0 Å². The zero-order chi connectivity index (χ0) is 14.8. The van der Waals surface area contributed by atoms with Crippen molar-refractivity contribution in [3.05, 3.63) is 56.5 Å². The van der Waals surface area contributed by atoms with E-state index in [9.17, 15) is 0 Å². The van der Waals surface area contributed by atoms with Crippen LogP contribution in [0, 0.1) is 0 Å². The maximum atomic E-state index is 6.54. The fourth-order valence-corrected chi connectivity index (χ4v) is 3.53. The number of hydrogen-bond donors (Lipinski definition) is 0. The maximum absolute atomic E-state index is 6.54. The Balaban J connectivity index is 1.93. The first-order valence-electron chi connectivity index (χ1n) is 6.94. The Morgan fingerprint density at radius 3 is 2.76 bits per heavy atom. The van der Waals surface area contributed by atoms with Gasteiger partial charge in [-0.1, -0.05) is 39.7 Å². The van der Waals surface area contributed by atoms with Crippen molar-refractivity contribution in [1.82, 2.24) is 0 Å². The Morgan fingerprint density at radius 1 is 1.29 bits per heavy atom. The van der Waals surface area contributed by atoms with Crippen molar-refractivity contribution < 1.29 is 9.47 Å². The van der Waals surface area contributed by atoms with Crippen molar-refractivity contribution >= 4 is 27.5 Å². The summed E-state index contributed by atoms with van der Waals surface area (Å²) in [6.45, 7) is 0.741. The molecule has 0 atom stereocenters. The quantitative estimate of drug-likeness (QED) is 0.758. The Kier molecular flexibility index (Phi) is 4.41. The fraction of sp³-hybridized carbons (Fsp3) is 0.294. The molecular weight excluding hydrogens is 352 g/mol. The summed E-state index contributed by atoms with van der Waals surface area (Å²) < 4.78 is 12.0. The van der Waals surface area contributed by atoms with Crippen molar-refractivity contribution in [2.24, 2.45) is 0 Å². The molecule has 0 unspecified atom stereocenters. The molecule has 0 bridgehead atoms. The van der Waals surface area contributed by atoms with Crippen LogP contribution >= 0.6 is 27.5 Å². The van der Waals surface area contributed by atoms with E-state index >= 15 is 0 Å². The molecule has 4 heteroatoms. The zero-order valence-electron chi connectivity index (χ0n) is 11.8. The third-order valence-electron chi connectivity index (χ3n) is 3.72. The summed E-state index contributed by atoms with van der Waals surface area (Å²) in [5.41, 5.74) is 3.46. The highest BCUT2D eigenvalue weighted by Crippen LogP contribution is 2.40. The number of benzene rings is 2. The minimum atomic E-state index is 0.740. The standard InChI is InChI=1S/C17H16BrClO2/c1-20-13-6-4-11(5-7-13)9-12-10-15(18)14-3-2-8-21-17(14)16(12)19/h4-7,10H,2-3,8-9H2,1H3. The Morgan fingerprint density at radius 2 is 2.05 bits per heavy atom. The summed E-state index contributed by atoms with van der Waals surface area (Å²) in [4.78, 5) is 0. The van der Waals surface area contributed by atoms with Crippen LogP contribution < -0.4 is 9.47 Å². The van der Waals surface area contributed by atoms with E-state index in [0.29, 0.717) is 0 Å². The highest BCUT2D eigenvalue weighted by molar-refractivity contribution is 9.10. The lowest BCUT2D eigenvalue weighted by Crippen LogP contribution is -2.10. The second-order valence-electron chi connectivity index (χ2n) is 5.12. The second-order valence-corrected chi connectivity index (χ2v) is 6.35. The molecule has 2 aromatic rings. The maximum Gasteiger partial charge on any atom is 0.142 e. The molecule has 21 heavy (non-hydrogen) atoms. The molecule has 1 aliphatic heterocycles. The van der Waals surface area contributed by atoms with E-state index in [1.807, 2.05) is 12.1 Å². The van der Waals surface area contributed by atoms with Gasteiger partial charge in [0.25, 0.3) is 0 Å². The van der Waals surface area contributed by atoms with Gasteiger partial charge in [0.2, 0.25) is 0 Å². The number of fused-ring (bicyclic) bond motifs is 1. The van der Waals surface area contributed by atoms with E-state index in [1.54, 1.807) is 7.11 Å². The first kappa shape index (κ1) is 14.7. The molecule has 0 spiro atoms. The van der Waals surface area contributed by atoms with Gasteiger partial charge in [-0.2, -0.15) is 0 Å². The minimum absolute atomic E-state index is 0.740. The van der Waals surface area contributed by atoms with Gasteiger partial charge in [-0.15, -0.1) is 0 Å². The molecule has 1 heterocycles. The van der Waals surface area contributed by atoms with Gasteiger partial charge in [-0.25, -0.2) is 0 Å². The lowest BCUT2D eigenvalue weighted by atomic mass is 9.99. The topological polar surface area (TPSA) is 18.5 Å². The fourth-order valence-electron chi connectivity index (χ4n) is 2.59. The molecule has 0 amide bonds. The zero-order valence-corrected chi connectivity index (χ0v) is 14.1. The lowest BCUT2D eigenvalue weighted by Gasteiger charge is -2.21. The molecule has 3 rings (SSSR count). The van der Waals surface area contributed by atoms with Gasteiger partial charge in [0.1, 0.15) is 11.5 Å². The molecule has 0 saturated heterocycles. The predicted molar refractivity (Wildman–Crippen MR) is 88.8 cm³/mol. The summed E-state index contributed by atoms with van der Waals surface area (Å²) in [5.74, 6) is 1.71. The van der Waals surface area contributed by atoms with E-state index in [0.717, 1.165) is 52.4 Å². The van der Waals surface area contributed by atoms with Crippen LogP contribution in [0.15, 0.2) is 34.8 Å². The molecule has 0 fully saturated rings. The largest absolute Gasteiger partial charge is 0.497 e. The van der Waals surface area contributed by atoms with Crippen molar-refractivity contribution in [1.29, 1.82) is 0 Å². The van der Waals surface area contributed by atoms with Crippen LogP contribution in [0.4, 0.5) is 0 Å². The van der Waals surface area contributed by atoms with Crippen LogP contribution in [0.1, 0.15) is 23.1 Å². The molecule has 0 radical (unpaired) electrons. The minimum Gasteiger partial charge on any atom is -0.497 e. The Labute approximate surface area is 138 Å². The van der Waals surface area contributed by atoms with E-state index in [1.165, 1.54) is 11.1 Å². The smallest absolute Gasteiger partial charge is 0.142 e. The second kappa shape index (κ2) is 6.29. The summed E-state index contributed by atoms with van der Waals surface area (Å²) in [7, 11) is 1.67. The third kappa shape index (κ3) is 3.04. The van der Waals surface area contributed by atoms with Gasteiger partial charge in [0.05, 0.1) is 18.7 Å². The molecular formula is C17H16BrClO2.